The minimum Gasteiger partial charge on any atom is -0.311 e. The zero-order chi connectivity index (χ0) is 19.1. The van der Waals surface area contributed by atoms with Crippen molar-refractivity contribution < 1.29 is 9.18 Å². The van der Waals surface area contributed by atoms with E-state index >= 15 is 0 Å². The van der Waals surface area contributed by atoms with E-state index in [1.165, 1.54) is 11.6 Å². The van der Waals surface area contributed by atoms with Gasteiger partial charge in [0.05, 0.1) is 0 Å². The Morgan fingerprint density at radius 1 is 1.23 bits per heavy atom. The quantitative estimate of drug-likeness (QED) is 0.726. The molecule has 2 aliphatic rings. The van der Waals surface area contributed by atoms with Gasteiger partial charge in [-0.2, -0.15) is 0 Å². The molecule has 142 valence electrons. The fraction of sp³-hybridized carbons (Fsp3) is 0.591. The van der Waals surface area contributed by atoms with Gasteiger partial charge in [0.1, 0.15) is 5.82 Å². The maximum Gasteiger partial charge on any atom is 0.232 e. The Bertz CT molecular complexity index is 720. The lowest BCUT2D eigenvalue weighted by Crippen LogP contribution is -2.47. The highest BCUT2D eigenvalue weighted by atomic mass is 19.1. The van der Waals surface area contributed by atoms with E-state index < -0.39 is 5.41 Å². The molecule has 0 N–H and O–H groups in total. The first-order valence-corrected chi connectivity index (χ1v) is 9.60. The van der Waals surface area contributed by atoms with Crippen LogP contribution in [0.15, 0.2) is 29.8 Å². The Hall–Kier alpha value is -1.68. The summed E-state index contributed by atoms with van der Waals surface area (Å²) in [6, 6.07) is 4.93. The number of benzene rings is 1. The van der Waals surface area contributed by atoms with Gasteiger partial charge in [0, 0.05) is 29.6 Å². The second-order valence-corrected chi connectivity index (χ2v) is 9.17. The minimum absolute atomic E-state index is 0.111. The normalized spacial score (nSPS) is 19.5. The molecule has 1 saturated heterocycles. The summed E-state index contributed by atoms with van der Waals surface area (Å²) in [4.78, 5) is 17.3. The molecule has 0 unspecified atom stereocenters. The van der Waals surface area contributed by atoms with Crippen molar-refractivity contribution in [3.05, 3.63) is 41.2 Å². The van der Waals surface area contributed by atoms with Crippen LogP contribution in [0.5, 0.6) is 0 Å². The molecule has 3 rings (SSSR count). The van der Waals surface area contributed by atoms with Crippen molar-refractivity contribution in [3.63, 3.8) is 0 Å². The second kappa shape index (κ2) is 6.80. The fourth-order valence-electron chi connectivity index (χ4n) is 4.13. The van der Waals surface area contributed by atoms with Crippen molar-refractivity contribution in [1.82, 2.24) is 4.90 Å². The van der Waals surface area contributed by atoms with Crippen LogP contribution in [0.3, 0.4) is 0 Å². The molecule has 0 atom stereocenters. The summed E-state index contributed by atoms with van der Waals surface area (Å²) in [6.07, 6.45) is 4.19. The van der Waals surface area contributed by atoms with Gasteiger partial charge in [-0.05, 0) is 63.5 Å². The summed E-state index contributed by atoms with van der Waals surface area (Å²) < 4.78 is 14.0. The smallest absolute Gasteiger partial charge is 0.232 e. The highest BCUT2D eigenvalue weighted by Crippen LogP contribution is 2.48. The van der Waals surface area contributed by atoms with E-state index in [-0.39, 0.29) is 17.1 Å². The van der Waals surface area contributed by atoms with Crippen LogP contribution in [0.1, 0.15) is 53.0 Å². The van der Waals surface area contributed by atoms with Gasteiger partial charge in [-0.25, -0.2) is 4.39 Å². The molecule has 3 nitrogen and oxygen atoms in total. The Kier molecular flexibility index (Phi) is 5.00. The van der Waals surface area contributed by atoms with Crippen LogP contribution in [0.4, 0.5) is 10.1 Å². The molecule has 1 spiro atoms. The van der Waals surface area contributed by atoms with Crippen molar-refractivity contribution in [1.29, 1.82) is 0 Å². The Balaban J connectivity index is 1.87. The topological polar surface area (TPSA) is 23.6 Å². The molecule has 4 heteroatoms. The number of likely N-dealkylation sites (tertiary alicyclic amines) is 1. The maximum absolute atomic E-state index is 14.0. The summed E-state index contributed by atoms with van der Waals surface area (Å²) >= 11 is 0. The van der Waals surface area contributed by atoms with Gasteiger partial charge >= 0.3 is 0 Å². The first kappa shape index (κ1) is 19.1. The monoisotopic (exact) mass is 358 g/mol. The number of hydrogen-bond donors (Lipinski definition) is 0. The third-order valence-corrected chi connectivity index (χ3v) is 5.74. The van der Waals surface area contributed by atoms with E-state index in [0.29, 0.717) is 6.54 Å². The molecule has 0 aromatic heterocycles. The maximum atomic E-state index is 14.0. The standard InChI is InChI=1S/C22H31FN2O/c1-16(2)8-11-24-12-9-22(10-13-24)15-25(20(26)21(3,4)5)19-7-6-17(23)14-18(19)22/h6-8,14H,9-13,15H2,1-5H3. The SMILES string of the molecule is CC(C)=CCN1CCC2(CC1)CN(C(=O)C(C)(C)C)c1ccc(F)cc12. The van der Waals surface area contributed by atoms with Gasteiger partial charge < -0.3 is 4.90 Å². The molecule has 1 aromatic carbocycles. The molecule has 2 heterocycles. The highest BCUT2D eigenvalue weighted by molar-refractivity contribution is 5.99. The van der Waals surface area contributed by atoms with Crippen LogP contribution in [-0.2, 0) is 10.2 Å². The molecular formula is C22H31FN2O. The van der Waals surface area contributed by atoms with Crippen molar-refractivity contribution in [2.45, 2.75) is 52.9 Å². The van der Waals surface area contributed by atoms with E-state index in [0.717, 1.165) is 43.7 Å². The second-order valence-electron chi connectivity index (χ2n) is 9.17. The molecule has 2 aliphatic heterocycles. The van der Waals surface area contributed by atoms with Crippen molar-refractivity contribution in [2.75, 3.05) is 31.1 Å². The van der Waals surface area contributed by atoms with Crippen molar-refractivity contribution in [2.24, 2.45) is 5.41 Å². The van der Waals surface area contributed by atoms with Crippen molar-refractivity contribution >= 4 is 11.6 Å². The number of rotatable bonds is 2. The first-order valence-electron chi connectivity index (χ1n) is 9.60. The van der Waals surface area contributed by atoms with Gasteiger partial charge in [-0.1, -0.05) is 32.4 Å². The van der Waals surface area contributed by atoms with Crippen LogP contribution in [-0.4, -0.2) is 37.0 Å². The molecule has 0 saturated carbocycles. The molecule has 1 amide bonds. The van der Waals surface area contributed by atoms with E-state index in [9.17, 15) is 9.18 Å². The summed E-state index contributed by atoms with van der Waals surface area (Å²) in [5.74, 6) is -0.0886. The minimum atomic E-state index is -0.443. The zero-order valence-electron chi connectivity index (χ0n) is 16.7. The predicted octanol–water partition coefficient (Wildman–Crippen LogP) is 4.52. The average Bonchev–Trinajstić information content (AvgIpc) is 2.86. The lowest BCUT2D eigenvalue weighted by atomic mass is 9.74. The van der Waals surface area contributed by atoms with Gasteiger partial charge in [0.15, 0.2) is 0 Å². The van der Waals surface area contributed by atoms with E-state index in [4.69, 9.17) is 0 Å². The van der Waals surface area contributed by atoms with Crippen LogP contribution in [0.25, 0.3) is 0 Å². The fourth-order valence-corrected chi connectivity index (χ4v) is 4.13. The highest BCUT2D eigenvalue weighted by Gasteiger charge is 2.47. The summed E-state index contributed by atoms with van der Waals surface area (Å²) in [7, 11) is 0. The average molecular weight is 359 g/mol. The number of piperidine rings is 1. The molecule has 1 aromatic rings. The van der Waals surface area contributed by atoms with Gasteiger partial charge in [-0.15, -0.1) is 0 Å². The number of halogens is 1. The molecule has 0 radical (unpaired) electrons. The first-order chi connectivity index (χ1) is 12.1. The number of carbonyl (C=O) groups is 1. The summed E-state index contributed by atoms with van der Waals surface area (Å²) in [5.41, 5.74) is 2.71. The van der Waals surface area contributed by atoms with Crippen LogP contribution in [0.2, 0.25) is 0 Å². The van der Waals surface area contributed by atoms with Crippen molar-refractivity contribution in [3.8, 4) is 0 Å². The number of amides is 1. The molecule has 26 heavy (non-hydrogen) atoms. The summed E-state index contributed by atoms with van der Waals surface area (Å²) in [6.45, 7) is 13.7. The zero-order valence-corrected chi connectivity index (χ0v) is 16.7. The number of hydrogen-bond acceptors (Lipinski definition) is 2. The third kappa shape index (κ3) is 3.57. The number of allylic oxidation sites excluding steroid dienone is 1. The van der Waals surface area contributed by atoms with Gasteiger partial charge in [0.2, 0.25) is 5.91 Å². The lowest BCUT2D eigenvalue weighted by Gasteiger charge is -2.40. The van der Waals surface area contributed by atoms with Crippen LogP contribution >= 0.6 is 0 Å². The number of fused-ring (bicyclic) bond motifs is 2. The molecule has 0 aliphatic carbocycles. The third-order valence-electron chi connectivity index (χ3n) is 5.74. The van der Waals surface area contributed by atoms with E-state index in [1.54, 1.807) is 12.1 Å². The number of anilines is 1. The number of carbonyl (C=O) groups excluding carboxylic acids is 1. The molecule has 1 fully saturated rings. The Labute approximate surface area is 156 Å². The summed E-state index contributed by atoms with van der Waals surface area (Å²) in [5, 5.41) is 0. The number of nitrogens with zero attached hydrogens (tertiary/aromatic N) is 2. The van der Waals surface area contributed by atoms with Crippen LogP contribution in [0, 0.1) is 11.2 Å². The van der Waals surface area contributed by atoms with Gasteiger partial charge in [0.25, 0.3) is 0 Å². The predicted molar refractivity (Wildman–Crippen MR) is 105 cm³/mol. The molecular weight excluding hydrogens is 327 g/mol. The largest absolute Gasteiger partial charge is 0.311 e. The van der Waals surface area contributed by atoms with Crippen LogP contribution < -0.4 is 4.90 Å². The Morgan fingerprint density at radius 3 is 2.46 bits per heavy atom. The lowest BCUT2D eigenvalue weighted by molar-refractivity contribution is -0.125. The van der Waals surface area contributed by atoms with E-state index in [2.05, 4.69) is 24.8 Å². The molecule has 0 bridgehead atoms. The Morgan fingerprint density at radius 2 is 1.88 bits per heavy atom. The van der Waals surface area contributed by atoms with Gasteiger partial charge in [-0.3, -0.25) is 9.69 Å². The van der Waals surface area contributed by atoms with E-state index in [1.807, 2.05) is 25.7 Å².